The van der Waals surface area contributed by atoms with Crippen LogP contribution in [0.3, 0.4) is 0 Å². The molecule has 0 fully saturated rings. The summed E-state index contributed by atoms with van der Waals surface area (Å²) < 4.78 is 0. The summed E-state index contributed by atoms with van der Waals surface area (Å²) in [5.41, 5.74) is 0. The molecule has 0 aromatic heterocycles. The van der Waals surface area contributed by atoms with E-state index < -0.39 is 18.2 Å². The Hall–Kier alpha value is -1.43. The second-order valence-electron chi connectivity index (χ2n) is 17.8. The van der Waals surface area contributed by atoms with Crippen molar-refractivity contribution in [3.8, 4) is 0 Å². The summed E-state index contributed by atoms with van der Waals surface area (Å²) in [4.78, 5) is 12.4. The molecule has 0 spiro atoms. The first-order valence-corrected chi connectivity index (χ1v) is 25.8. The highest BCUT2D eigenvalue weighted by Gasteiger charge is 2.20. The Morgan fingerprint density at radius 3 is 1.10 bits per heavy atom. The van der Waals surface area contributed by atoms with Gasteiger partial charge in [-0.1, -0.05) is 243 Å². The number of aliphatic hydroxyl groups excluding tert-OH is 3. The minimum Gasteiger partial charge on any atom is -0.394 e. The van der Waals surface area contributed by atoms with Crippen LogP contribution < -0.4 is 5.32 Å². The molecule has 58 heavy (non-hydrogen) atoms. The van der Waals surface area contributed by atoms with Gasteiger partial charge in [-0.2, -0.15) is 0 Å². The fourth-order valence-corrected chi connectivity index (χ4v) is 7.94. The van der Waals surface area contributed by atoms with Crippen molar-refractivity contribution in [2.75, 3.05) is 6.61 Å². The third kappa shape index (κ3) is 44.1. The predicted molar refractivity (Wildman–Crippen MR) is 254 cm³/mol. The molecule has 0 radical (unpaired) electrons. The quantitative estimate of drug-likeness (QED) is 0.0364. The summed E-state index contributed by atoms with van der Waals surface area (Å²) in [6.07, 6.45) is 61.9. The third-order valence-corrected chi connectivity index (χ3v) is 11.9. The first kappa shape index (κ1) is 56.6. The monoisotopic (exact) mass is 816 g/mol. The SMILES string of the molecule is CCCCCCCC/C=C/CC/C=C/C(O)C(CO)NC(=O)CC(O)CCCCCCCCCCCCCCCCC/C=C\CCCCCCCCCCCCCC. The average molecular weight is 816 g/mol. The summed E-state index contributed by atoms with van der Waals surface area (Å²) >= 11 is 0. The van der Waals surface area contributed by atoms with Gasteiger partial charge in [0.1, 0.15) is 0 Å². The summed E-state index contributed by atoms with van der Waals surface area (Å²) in [7, 11) is 0. The standard InChI is InChI=1S/C53H101NO4/c1-3-5-7-9-11-13-15-17-18-19-20-21-22-23-24-25-26-27-28-29-30-31-32-33-34-35-36-38-40-42-44-46-50(56)48-53(58)54-51(49-55)52(57)47-45-43-41-39-37-16-14-12-10-8-6-4-2/h23-24,37,39,45,47,50-52,55-57H,3-22,25-36,38,40-44,46,48-49H2,1-2H3,(H,54,58)/b24-23-,39-37+,47-45+. The zero-order valence-electron chi connectivity index (χ0n) is 38.9. The van der Waals surface area contributed by atoms with Crippen molar-refractivity contribution in [3.05, 3.63) is 36.5 Å². The van der Waals surface area contributed by atoms with Crippen LogP contribution in [0.2, 0.25) is 0 Å². The minimum absolute atomic E-state index is 0.00746. The maximum atomic E-state index is 12.4. The van der Waals surface area contributed by atoms with Crippen molar-refractivity contribution >= 4 is 5.91 Å². The molecule has 342 valence electrons. The van der Waals surface area contributed by atoms with Crippen LogP contribution >= 0.6 is 0 Å². The molecule has 0 rings (SSSR count). The highest BCUT2D eigenvalue weighted by molar-refractivity contribution is 5.76. The first-order chi connectivity index (χ1) is 28.5. The molecule has 0 aliphatic carbocycles. The zero-order chi connectivity index (χ0) is 42.3. The van der Waals surface area contributed by atoms with Gasteiger partial charge in [-0.15, -0.1) is 0 Å². The van der Waals surface area contributed by atoms with Gasteiger partial charge >= 0.3 is 0 Å². The lowest BCUT2D eigenvalue weighted by Gasteiger charge is -2.21. The number of hydrogen-bond acceptors (Lipinski definition) is 4. The third-order valence-electron chi connectivity index (χ3n) is 11.9. The first-order valence-electron chi connectivity index (χ1n) is 25.8. The fraction of sp³-hybridized carbons (Fsp3) is 0.868. The smallest absolute Gasteiger partial charge is 0.222 e. The molecule has 1 amide bonds. The summed E-state index contributed by atoms with van der Waals surface area (Å²) in [6, 6.07) is -0.759. The summed E-state index contributed by atoms with van der Waals surface area (Å²) in [5.74, 6) is -0.324. The number of aliphatic hydroxyl groups is 3. The van der Waals surface area contributed by atoms with Gasteiger partial charge in [0.2, 0.25) is 5.91 Å². The molecule has 0 aliphatic rings. The van der Waals surface area contributed by atoms with Crippen LogP contribution in [0.4, 0.5) is 0 Å². The van der Waals surface area contributed by atoms with Crippen molar-refractivity contribution in [1.82, 2.24) is 5.32 Å². The maximum Gasteiger partial charge on any atom is 0.222 e. The molecule has 0 aliphatic heterocycles. The van der Waals surface area contributed by atoms with Gasteiger partial charge in [-0.3, -0.25) is 4.79 Å². The molecule has 3 atom stereocenters. The fourth-order valence-electron chi connectivity index (χ4n) is 7.94. The Labute approximate surface area is 362 Å². The van der Waals surface area contributed by atoms with Crippen LogP contribution in [-0.4, -0.2) is 46.1 Å². The van der Waals surface area contributed by atoms with Gasteiger partial charge in [-0.25, -0.2) is 0 Å². The van der Waals surface area contributed by atoms with E-state index >= 15 is 0 Å². The number of unbranched alkanes of at least 4 members (excludes halogenated alkanes) is 34. The van der Waals surface area contributed by atoms with Crippen molar-refractivity contribution in [3.63, 3.8) is 0 Å². The second-order valence-corrected chi connectivity index (χ2v) is 17.8. The van der Waals surface area contributed by atoms with Gasteiger partial charge in [0, 0.05) is 0 Å². The van der Waals surface area contributed by atoms with Crippen LogP contribution in [0.15, 0.2) is 36.5 Å². The van der Waals surface area contributed by atoms with E-state index in [-0.39, 0.29) is 18.9 Å². The normalized spacial score (nSPS) is 13.7. The van der Waals surface area contributed by atoms with Crippen molar-refractivity contribution in [2.24, 2.45) is 0 Å². The number of rotatable bonds is 47. The lowest BCUT2D eigenvalue weighted by Crippen LogP contribution is -2.45. The maximum absolute atomic E-state index is 12.4. The van der Waals surface area contributed by atoms with E-state index in [1.165, 1.54) is 212 Å². The van der Waals surface area contributed by atoms with E-state index in [1.54, 1.807) is 6.08 Å². The van der Waals surface area contributed by atoms with E-state index in [0.29, 0.717) is 6.42 Å². The molecule has 0 aromatic carbocycles. The van der Waals surface area contributed by atoms with Crippen molar-refractivity contribution in [1.29, 1.82) is 0 Å². The van der Waals surface area contributed by atoms with Gasteiger partial charge in [0.05, 0.1) is 31.3 Å². The predicted octanol–water partition coefficient (Wildman–Crippen LogP) is 15.5. The molecular formula is C53H101NO4. The lowest BCUT2D eigenvalue weighted by atomic mass is 10.0. The molecule has 0 bridgehead atoms. The molecular weight excluding hydrogens is 715 g/mol. The molecule has 0 saturated heterocycles. The minimum atomic E-state index is -0.950. The number of carbonyl (C=O) groups excluding carboxylic acids is 1. The molecule has 5 nitrogen and oxygen atoms in total. The van der Waals surface area contributed by atoms with Crippen molar-refractivity contribution < 1.29 is 20.1 Å². The molecule has 3 unspecified atom stereocenters. The van der Waals surface area contributed by atoms with Crippen LogP contribution in [0, 0.1) is 0 Å². The van der Waals surface area contributed by atoms with E-state index in [1.807, 2.05) is 6.08 Å². The number of nitrogens with one attached hydrogen (secondary N) is 1. The Bertz CT molecular complexity index is 901. The molecule has 5 heteroatoms. The van der Waals surface area contributed by atoms with Gasteiger partial charge in [-0.05, 0) is 57.8 Å². The Morgan fingerprint density at radius 1 is 0.431 bits per heavy atom. The van der Waals surface area contributed by atoms with Gasteiger partial charge < -0.3 is 20.6 Å². The Kier molecular flexibility index (Phi) is 47.0. The van der Waals surface area contributed by atoms with E-state index in [2.05, 4.69) is 43.5 Å². The zero-order valence-corrected chi connectivity index (χ0v) is 38.9. The highest BCUT2D eigenvalue weighted by atomic mass is 16.3. The summed E-state index contributed by atoms with van der Waals surface area (Å²) in [5, 5.41) is 33.2. The van der Waals surface area contributed by atoms with E-state index in [0.717, 1.165) is 32.1 Å². The van der Waals surface area contributed by atoms with Crippen LogP contribution in [0.25, 0.3) is 0 Å². The van der Waals surface area contributed by atoms with E-state index in [9.17, 15) is 20.1 Å². The van der Waals surface area contributed by atoms with Crippen LogP contribution in [-0.2, 0) is 4.79 Å². The average Bonchev–Trinajstić information content (AvgIpc) is 3.22. The number of carbonyl (C=O) groups is 1. The Morgan fingerprint density at radius 2 is 0.741 bits per heavy atom. The van der Waals surface area contributed by atoms with Crippen LogP contribution in [0.1, 0.15) is 271 Å². The molecule has 0 heterocycles. The lowest BCUT2D eigenvalue weighted by molar-refractivity contribution is -0.124. The van der Waals surface area contributed by atoms with Crippen molar-refractivity contribution in [2.45, 2.75) is 289 Å². The van der Waals surface area contributed by atoms with Crippen LogP contribution in [0.5, 0.6) is 0 Å². The topological polar surface area (TPSA) is 89.8 Å². The molecule has 0 aromatic rings. The van der Waals surface area contributed by atoms with Gasteiger partial charge in [0.25, 0.3) is 0 Å². The largest absolute Gasteiger partial charge is 0.394 e. The number of hydrogen-bond donors (Lipinski definition) is 4. The van der Waals surface area contributed by atoms with E-state index in [4.69, 9.17) is 0 Å². The molecule has 4 N–H and O–H groups in total. The number of allylic oxidation sites excluding steroid dienone is 5. The summed E-state index contributed by atoms with van der Waals surface area (Å²) in [6.45, 7) is 4.20. The second kappa shape index (κ2) is 48.2. The highest BCUT2D eigenvalue weighted by Crippen LogP contribution is 2.16. The van der Waals surface area contributed by atoms with Gasteiger partial charge in [0.15, 0.2) is 0 Å². The molecule has 0 saturated carbocycles. The number of amides is 1. The Balaban J connectivity index is 3.52.